The van der Waals surface area contributed by atoms with E-state index in [1.165, 1.54) is 16.8 Å². The fourth-order valence-corrected chi connectivity index (χ4v) is 3.24. The van der Waals surface area contributed by atoms with Crippen LogP contribution in [0.1, 0.15) is 36.7 Å². The molecule has 1 fully saturated rings. The minimum absolute atomic E-state index is 0.0987. The van der Waals surface area contributed by atoms with Crippen LogP contribution in [-0.4, -0.2) is 46.3 Å². The Labute approximate surface area is 147 Å². The second-order valence-corrected chi connectivity index (χ2v) is 6.28. The summed E-state index contributed by atoms with van der Waals surface area (Å²) in [7, 11) is 0. The molecule has 0 bridgehead atoms. The van der Waals surface area contributed by atoms with Crippen molar-refractivity contribution in [2.45, 2.75) is 32.2 Å². The molecule has 2 aromatic rings. The maximum atomic E-state index is 13.1. The van der Waals surface area contributed by atoms with Gasteiger partial charge in [-0.25, -0.2) is 0 Å². The summed E-state index contributed by atoms with van der Waals surface area (Å²) in [6, 6.07) is 12.4. The molecular weight excluding hydrogens is 316 g/mol. The van der Waals surface area contributed by atoms with Gasteiger partial charge in [-0.3, -0.25) is 9.59 Å². The molecule has 2 heterocycles. The fourth-order valence-electron chi connectivity index (χ4n) is 3.24. The van der Waals surface area contributed by atoms with Crippen LogP contribution < -0.4 is 10.9 Å². The van der Waals surface area contributed by atoms with Crippen LogP contribution >= 0.6 is 0 Å². The molecule has 0 unspecified atom stereocenters. The molecule has 25 heavy (non-hydrogen) atoms. The van der Waals surface area contributed by atoms with Gasteiger partial charge in [0.15, 0.2) is 0 Å². The van der Waals surface area contributed by atoms with Gasteiger partial charge in [-0.05, 0) is 50.6 Å². The third-order valence-electron chi connectivity index (χ3n) is 4.49. The average Bonchev–Trinajstić information content (AvgIpc) is 2.67. The predicted molar refractivity (Wildman–Crippen MR) is 97.1 cm³/mol. The molecule has 1 aromatic carbocycles. The van der Waals surface area contributed by atoms with Crippen molar-refractivity contribution in [3.63, 3.8) is 0 Å². The summed E-state index contributed by atoms with van der Waals surface area (Å²) >= 11 is 0. The number of benzene rings is 1. The third-order valence-corrected chi connectivity index (χ3v) is 4.49. The van der Waals surface area contributed by atoms with Crippen LogP contribution in [0.25, 0.3) is 5.69 Å². The van der Waals surface area contributed by atoms with E-state index >= 15 is 0 Å². The Hall–Kier alpha value is -2.47. The van der Waals surface area contributed by atoms with Crippen LogP contribution in [0.15, 0.2) is 47.3 Å². The van der Waals surface area contributed by atoms with Crippen molar-refractivity contribution in [3.05, 3.63) is 58.5 Å². The van der Waals surface area contributed by atoms with Crippen molar-refractivity contribution in [1.82, 2.24) is 20.0 Å². The van der Waals surface area contributed by atoms with E-state index in [0.717, 1.165) is 32.4 Å². The second kappa shape index (κ2) is 8.07. The van der Waals surface area contributed by atoms with Gasteiger partial charge < -0.3 is 10.2 Å². The van der Waals surface area contributed by atoms with E-state index in [0.29, 0.717) is 17.9 Å². The van der Waals surface area contributed by atoms with Gasteiger partial charge in [0.1, 0.15) is 5.69 Å². The monoisotopic (exact) mass is 340 g/mol. The highest BCUT2D eigenvalue weighted by molar-refractivity contribution is 5.92. The first-order valence-electron chi connectivity index (χ1n) is 8.88. The van der Waals surface area contributed by atoms with Crippen LogP contribution in [0.2, 0.25) is 0 Å². The normalized spacial score (nSPS) is 15.1. The highest BCUT2D eigenvalue weighted by atomic mass is 16.2. The Morgan fingerprint density at radius 3 is 2.60 bits per heavy atom. The summed E-state index contributed by atoms with van der Waals surface area (Å²) in [4.78, 5) is 27.1. The molecular formula is C19H24N4O2. The maximum absolute atomic E-state index is 13.1. The Morgan fingerprint density at radius 1 is 1.20 bits per heavy atom. The van der Waals surface area contributed by atoms with Gasteiger partial charge >= 0.3 is 0 Å². The molecule has 0 saturated carbocycles. The van der Waals surface area contributed by atoms with E-state index in [9.17, 15) is 9.59 Å². The van der Waals surface area contributed by atoms with Crippen molar-refractivity contribution < 1.29 is 4.79 Å². The number of carbonyl (C=O) groups is 1. The second-order valence-electron chi connectivity index (χ2n) is 6.28. The van der Waals surface area contributed by atoms with Crippen LogP contribution in [0.3, 0.4) is 0 Å². The molecule has 0 aliphatic carbocycles. The van der Waals surface area contributed by atoms with Crippen LogP contribution in [0.5, 0.6) is 0 Å². The summed E-state index contributed by atoms with van der Waals surface area (Å²) in [5, 5.41) is 7.67. The summed E-state index contributed by atoms with van der Waals surface area (Å²) < 4.78 is 1.29. The molecule has 1 aliphatic rings. The SMILES string of the molecule is CCCN(C(=O)c1ccc(=O)n(-c2ccccc2)n1)C1CCNCC1. The first kappa shape index (κ1) is 17.4. The predicted octanol–water partition coefficient (Wildman–Crippen LogP) is 1.84. The van der Waals surface area contributed by atoms with Gasteiger partial charge in [0, 0.05) is 18.7 Å². The number of hydrogen-bond acceptors (Lipinski definition) is 4. The Bertz CT molecular complexity index is 766. The van der Waals surface area contributed by atoms with E-state index in [1.807, 2.05) is 23.1 Å². The molecule has 0 spiro atoms. The van der Waals surface area contributed by atoms with Crippen molar-refractivity contribution in [3.8, 4) is 5.69 Å². The largest absolute Gasteiger partial charge is 0.334 e. The van der Waals surface area contributed by atoms with E-state index in [2.05, 4.69) is 17.3 Å². The first-order valence-corrected chi connectivity index (χ1v) is 8.88. The fraction of sp³-hybridized carbons (Fsp3) is 0.421. The number of piperidine rings is 1. The minimum Gasteiger partial charge on any atom is -0.334 e. The van der Waals surface area contributed by atoms with Crippen molar-refractivity contribution in [2.24, 2.45) is 0 Å². The molecule has 1 saturated heterocycles. The molecule has 6 heteroatoms. The summed E-state index contributed by atoms with van der Waals surface area (Å²) in [5.74, 6) is -0.0987. The minimum atomic E-state index is -0.244. The summed E-state index contributed by atoms with van der Waals surface area (Å²) in [6.45, 7) is 4.62. The summed E-state index contributed by atoms with van der Waals surface area (Å²) in [6.07, 6.45) is 2.79. The lowest BCUT2D eigenvalue weighted by molar-refractivity contribution is 0.0634. The van der Waals surface area contributed by atoms with Crippen LogP contribution in [0, 0.1) is 0 Å². The standard InChI is InChI=1S/C19H24N4O2/c1-2-14-22(15-10-12-20-13-11-15)19(25)17-8-9-18(24)23(21-17)16-6-4-3-5-7-16/h3-9,15,20H,2,10-14H2,1H3. The summed E-state index contributed by atoms with van der Waals surface area (Å²) in [5.41, 5.74) is 0.730. The topological polar surface area (TPSA) is 67.2 Å². The van der Waals surface area contributed by atoms with Gasteiger partial charge in [-0.1, -0.05) is 25.1 Å². The first-order chi connectivity index (χ1) is 12.2. The van der Waals surface area contributed by atoms with Gasteiger partial charge in [-0.15, -0.1) is 0 Å². The van der Waals surface area contributed by atoms with Gasteiger partial charge in [0.2, 0.25) is 0 Å². The number of amides is 1. The van der Waals surface area contributed by atoms with Crippen molar-refractivity contribution >= 4 is 5.91 Å². The van der Waals surface area contributed by atoms with E-state index < -0.39 is 0 Å². The third kappa shape index (κ3) is 3.96. The van der Waals surface area contributed by atoms with E-state index in [1.54, 1.807) is 12.1 Å². The number of aromatic nitrogens is 2. The molecule has 0 atom stereocenters. The molecule has 1 aliphatic heterocycles. The molecule has 0 radical (unpaired) electrons. The number of nitrogens with zero attached hydrogens (tertiary/aromatic N) is 3. The Morgan fingerprint density at radius 2 is 1.92 bits per heavy atom. The number of nitrogens with one attached hydrogen (secondary N) is 1. The Kier molecular flexibility index (Phi) is 5.60. The lowest BCUT2D eigenvalue weighted by Gasteiger charge is -2.34. The zero-order valence-corrected chi connectivity index (χ0v) is 14.5. The lowest BCUT2D eigenvalue weighted by Crippen LogP contribution is -2.47. The Balaban J connectivity index is 1.91. The number of rotatable bonds is 5. The zero-order valence-electron chi connectivity index (χ0n) is 14.5. The highest BCUT2D eigenvalue weighted by Crippen LogP contribution is 2.15. The molecule has 6 nitrogen and oxygen atoms in total. The van der Waals surface area contributed by atoms with Gasteiger partial charge in [0.05, 0.1) is 5.69 Å². The average molecular weight is 340 g/mol. The van der Waals surface area contributed by atoms with Crippen molar-refractivity contribution in [2.75, 3.05) is 19.6 Å². The van der Waals surface area contributed by atoms with Gasteiger partial charge in [-0.2, -0.15) is 9.78 Å². The highest BCUT2D eigenvalue weighted by Gasteiger charge is 2.26. The smallest absolute Gasteiger partial charge is 0.274 e. The lowest BCUT2D eigenvalue weighted by atomic mass is 10.0. The molecule has 1 N–H and O–H groups in total. The van der Waals surface area contributed by atoms with Gasteiger partial charge in [0.25, 0.3) is 11.5 Å². The van der Waals surface area contributed by atoms with Crippen LogP contribution in [-0.2, 0) is 0 Å². The number of para-hydroxylation sites is 1. The number of hydrogen-bond donors (Lipinski definition) is 1. The quantitative estimate of drug-likeness (QED) is 0.902. The zero-order chi connectivity index (χ0) is 17.6. The molecule has 3 rings (SSSR count). The van der Waals surface area contributed by atoms with E-state index in [4.69, 9.17) is 0 Å². The van der Waals surface area contributed by atoms with Crippen molar-refractivity contribution in [1.29, 1.82) is 0 Å². The number of carbonyl (C=O) groups excluding carboxylic acids is 1. The maximum Gasteiger partial charge on any atom is 0.274 e. The van der Waals surface area contributed by atoms with Crippen LogP contribution in [0.4, 0.5) is 0 Å². The van der Waals surface area contributed by atoms with E-state index in [-0.39, 0.29) is 17.5 Å². The molecule has 1 amide bonds. The molecule has 1 aromatic heterocycles. The molecule has 132 valence electrons.